The number of phenols is 1. The molecule has 14 heteroatoms. The van der Waals surface area contributed by atoms with Crippen molar-refractivity contribution in [2.24, 2.45) is 16.8 Å². The number of aromatic nitrogens is 2. The van der Waals surface area contributed by atoms with Gasteiger partial charge in [-0.1, -0.05) is 45.0 Å². The van der Waals surface area contributed by atoms with Crippen molar-refractivity contribution in [3.8, 4) is 23.1 Å². The van der Waals surface area contributed by atoms with Crippen LogP contribution in [0.4, 0.5) is 23.2 Å². The molecule has 246 valence electrons. The minimum Gasteiger partial charge on any atom is -0.504 e. The molecular weight excluding hydrogens is 640 g/mol. The van der Waals surface area contributed by atoms with Gasteiger partial charge in [-0.25, -0.2) is 18.2 Å². The average Bonchev–Trinajstić information content (AvgIpc) is 3.02. The summed E-state index contributed by atoms with van der Waals surface area (Å²) in [6.45, 7) is 13.1. The molecule has 2 aromatic heterocycles. The minimum atomic E-state index is -2.23. The summed E-state index contributed by atoms with van der Waals surface area (Å²) in [7, 11) is 0. The number of rotatable bonds is 5. The van der Waals surface area contributed by atoms with Crippen LogP contribution in [0.5, 0.6) is 5.75 Å². The predicted octanol–water partition coefficient (Wildman–Crippen LogP) is 6.26. The second-order valence-electron chi connectivity index (χ2n) is 12.1. The number of allylic oxidation sites excluding steroid dienone is 1. The van der Waals surface area contributed by atoms with Gasteiger partial charge in [0.05, 0.1) is 28.0 Å². The third kappa shape index (κ3) is 5.34. The van der Waals surface area contributed by atoms with Crippen LogP contribution in [0.1, 0.15) is 46.2 Å². The molecular formula is C33H31ClF4N6O3. The standard InChI is InChI=1S/C33H31ClF4N6O3/c1-7-21(45)43-16(5)12-42(13-17(43)6)30-18-10-20(34)28(22-23(35)24(36)25(37)26(38)31(22)46)41-32(18)44(33(47)19(30)11-39)29-15(4)8-9-40-27(29)14(2)3/h7-10,14-17,29,46H,1,12-13H2,2-6H3/t15-,16-,17+,29-/m1/s1. The molecule has 3 aromatic rings. The average molecular weight is 671 g/mol. The number of pyridine rings is 2. The van der Waals surface area contributed by atoms with Crippen LogP contribution in [-0.2, 0) is 4.79 Å². The number of nitrogens with zero attached hydrogens (tertiary/aromatic N) is 6. The zero-order chi connectivity index (χ0) is 34.6. The molecule has 0 aliphatic carbocycles. The Bertz CT molecular complexity index is 1960. The van der Waals surface area contributed by atoms with Gasteiger partial charge in [0, 0.05) is 48.4 Å². The summed E-state index contributed by atoms with van der Waals surface area (Å²) in [5, 5.41) is 20.6. The van der Waals surface area contributed by atoms with Crippen LogP contribution in [0.15, 0.2) is 40.8 Å². The van der Waals surface area contributed by atoms with Gasteiger partial charge < -0.3 is 14.9 Å². The maximum atomic E-state index is 15.2. The Kier molecular flexibility index (Phi) is 8.94. The van der Waals surface area contributed by atoms with Crippen molar-refractivity contribution in [1.82, 2.24) is 14.5 Å². The first-order chi connectivity index (χ1) is 22.2. The number of hydrogen-bond acceptors (Lipinski definition) is 7. The Morgan fingerprint density at radius 3 is 2.32 bits per heavy atom. The number of piperazine rings is 1. The van der Waals surface area contributed by atoms with Crippen molar-refractivity contribution in [2.75, 3.05) is 18.0 Å². The first-order valence-corrected chi connectivity index (χ1v) is 15.2. The number of carbonyl (C=O) groups excluding carboxylic acids is 1. The molecule has 4 atom stereocenters. The van der Waals surface area contributed by atoms with E-state index in [1.54, 1.807) is 35.9 Å². The van der Waals surface area contributed by atoms with E-state index < -0.39 is 69.0 Å². The number of fused-ring (bicyclic) bond motifs is 1. The molecule has 5 rings (SSSR count). The van der Waals surface area contributed by atoms with E-state index in [-0.39, 0.29) is 53.1 Å². The summed E-state index contributed by atoms with van der Waals surface area (Å²) >= 11 is 6.59. The molecule has 0 spiro atoms. The number of aliphatic imine (C=N–C) groups is 1. The Morgan fingerprint density at radius 2 is 1.74 bits per heavy atom. The lowest BCUT2D eigenvalue weighted by Crippen LogP contribution is -2.58. The summed E-state index contributed by atoms with van der Waals surface area (Å²) in [5.41, 5.74) is -2.31. The number of amides is 1. The van der Waals surface area contributed by atoms with Gasteiger partial charge in [0.2, 0.25) is 17.5 Å². The number of nitriles is 1. The zero-order valence-corrected chi connectivity index (χ0v) is 26.9. The Balaban J connectivity index is 1.91. The van der Waals surface area contributed by atoms with Gasteiger partial charge in [-0.2, -0.15) is 9.65 Å². The fourth-order valence-corrected chi connectivity index (χ4v) is 6.85. The van der Waals surface area contributed by atoms with Gasteiger partial charge in [0.15, 0.2) is 17.4 Å². The van der Waals surface area contributed by atoms with Gasteiger partial charge in [-0.15, -0.1) is 0 Å². The van der Waals surface area contributed by atoms with Gasteiger partial charge in [0.1, 0.15) is 17.3 Å². The maximum Gasteiger partial charge on any atom is 0.272 e. The number of phenolic OH excluding ortho intramolecular Hbond substituents is 1. The fourth-order valence-electron chi connectivity index (χ4n) is 6.61. The SMILES string of the molecule is C=CC(=O)N1[C@H](C)CN(c2c(C#N)c(=O)n([C@H]3C(C(C)C)=NC=C[C@H]3C)c3nc(-c4c(O)c(F)c(F)c(F)c4F)c(Cl)cc23)C[C@@H]1C. The topological polar surface area (TPSA) is 115 Å². The lowest BCUT2D eigenvalue weighted by Gasteiger charge is -2.45. The molecule has 0 unspecified atom stereocenters. The number of aromatic hydroxyl groups is 1. The Labute approximate surface area is 272 Å². The third-order valence-corrected chi connectivity index (χ3v) is 8.94. The zero-order valence-electron chi connectivity index (χ0n) is 26.2. The lowest BCUT2D eigenvalue weighted by molar-refractivity contribution is -0.130. The molecule has 4 heterocycles. The second-order valence-corrected chi connectivity index (χ2v) is 12.5. The number of halogens is 5. The quantitative estimate of drug-likeness (QED) is 0.148. The highest BCUT2D eigenvalue weighted by molar-refractivity contribution is 6.34. The van der Waals surface area contributed by atoms with E-state index in [4.69, 9.17) is 11.6 Å². The van der Waals surface area contributed by atoms with E-state index in [0.717, 1.165) is 0 Å². The number of anilines is 1. The molecule has 1 amide bonds. The first-order valence-electron chi connectivity index (χ1n) is 14.8. The summed E-state index contributed by atoms with van der Waals surface area (Å²) in [4.78, 5) is 39.4. The van der Waals surface area contributed by atoms with Crippen LogP contribution in [0, 0.1) is 46.4 Å². The van der Waals surface area contributed by atoms with Crippen LogP contribution in [0.3, 0.4) is 0 Å². The number of carbonyl (C=O) groups is 1. The molecule has 2 aliphatic heterocycles. The molecule has 0 radical (unpaired) electrons. The highest BCUT2D eigenvalue weighted by Crippen LogP contribution is 2.43. The van der Waals surface area contributed by atoms with Gasteiger partial charge >= 0.3 is 0 Å². The second kappa shape index (κ2) is 12.5. The lowest BCUT2D eigenvalue weighted by atomic mass is 9.88. The van der Waals surface area contributed by atoms with Crippen molar-refractivity contribution in [2.45, 2.75) is 52.7 Å². The van der Waals surface area contributed by atoms with Gasteiger partial charge in [0.25, 0.3) is 5.56 Å². The first kappa shape index (κ1) is 33.7. The summed E-state index contributed by atoms with van der Waals surface area (Å²) < 4.78 is 59.4. The molecule has 1 N–H and O–H groups in total. The van der Waals surface area contributed by atoms with Crippen molar-refractivity contribution < 1.29 is 27.5 Å². The highest BCUT2D eigenvalue weighted by atomic mass is 35.5. The summed E-state index contributed by atoms with van der Waals surface area (Å²) in [6.07, 6.45) is 4.55. The third-order valence-electron chi connectivity index (χ3n) is 8.65. The molecule has 47 heavy (non-hydrogen) atoms. The number of benzene rings is 1. The van der Waals surface area contributed by atoms with E-state index in [1.807, 2.05) is 26.8 Å². The van der Waals surface area contributed by atoms with Crippen LogP contribution in [0.2, 0.25) is 5.02 Å². The van der Waals surface area contributed by atoms with E-state index in [2.05, 4.69) is 16.6 Å². The molecule has 1 aromatic carbocycles. The monoisotopic (exact) mass is 670 g/mol. The number of hydrogen-bond donors (Lipinski definition) is 1. The molecule has 2 aliphatic rings. The van der Waals surface area contributed by atoms with Crippen LogP contribution in [0.25, 0.3) is 22.3 Å². The van der Waals surface area contributed by atoms with E-state index in [0.29, 0.717) is 5.71 Å². The molecule has 1 fully saturated rings. The van der Waals surface area contributed by atoms with Crippen molar-refractivity contribution in [3.05, 3.63) is 75.2 Å². The maximum absolute atomic E-state index is 15.2. The van der Waals surface area contributed by atoms with E-state index >= 15 is 4.39 Å². The van der Waals surface area contributed by atoms with Gasteiger partial charge in [-0.05, 0) is 31.9 Å². The Morgan fingerprint density at radius 1 is 1.13 bits per heavy atom. The smallest absolute Gasteiger partial charge is 0.272 e. The van der Waals surface area contributed by atoms with E-state index in [9.17, 15) is 33.1 Å². The fraction of sp³-hybridized carbons (Fsp3) is 0.364. The van der Waals surface area contributed by atoms with E-state index in [1.165, 1.54) is 16.7 Å². The predicted molar refractivity (Wildman–Crippen MR) is 170 cm³/mol. The summed E-state index contributed by atoms with van der Waals surface area (Å²) in [6, 6.07) is 1.70. The van der Waals surface area contributed by atoms with Crippen molar-refractivity contribution in [1.29, 1.82) is 5.26 Å². The van der Waals surface area contributed by atoms with Crippen LogP contribution < -0.4 is 10.5 Å². The largest absolute Gasteiger partial charge is 0.504 e. The molecule has 0 bridgehead atoms. The van der Waals surface area contributed by atoms with Crippen molar-refractivity contribution in [3.63, 3.8) is 0 Å². The Hall–Kier alpha value is -4.70. The molecule has 0 saturated carbocycles. The molecule has 1 saturated heterocycles. The highest BCUT2D eigenvalue weighted by Gasteiger charge is 2.38. The normalized spacial score (nSPS) is 21.3. The molecule has 9 nitrogen and oxygen atoms in total. The van der Waals surface area contributed by atoms with Crippen molar-refractivity contribution >= 4 is 39.9 Å². The van der Waals surface area contributed by atoms with Crippen LogP contribution >= 0.6 is 11.6 Å². The van der Waals surface area contributed by atoms with Crippen LogP contribution in [-0.4, -0.2) is 56.3 Å². The minimum absolute atomic E-state index is 0.136. The van der Waals surface area contributed by atoms with Gasteiger partial charge in [-0.3, -0.25) is 19.1 Å². The summed E-state index contributed by atoms with van der Waals surface area (Å²) in [5.74, 6) is -10.8.